The summed E-state index contributed by atoms with van der Waals surface area (Å²) in [7, 11) is 0. The molecule has 0 atom stereocenters. The third-order valence-electron chi connectivity index (χ3n) is 2.16. The molecule has 1 N–H and O–H groups in total. The van der Waals surface area contributed by atoms with Crippen molar-refractivity contribution in [3.8, 4) is 0 Å². The molecule has 0 radical (unpaired) electrons. The summed E-state index contributed by atoms with van der Waals surface area (Å²) in [5, 5.41) is 5.16. The Labute approximate surface area is 110 Å². The Balaban J connectivity index is 1.71. The Bertz CT molecular complexity index is 445. The maximum absolute atomic E-state index is 5.81. The van der Waals surface area contributed by atoms with Gasteiger partial charge in [-0.15, -0.1) is 11.8 Å². The van der Waals surface area contributed by atoms with Crippen molar-refractivity contribution < 1.29 is 0 Å². The van der Waals surface area contributed by atoms with Crippen molar-refractivity contribution >= 4 is 29.1 Å². The van der Waals surface area contributed by atoms with Gasteiger partial charge in [0.1, 0.15) is 0 Å². The normalized spacial score (nSPS) is 10.2. The van der Waals surface area contributed by atoms with Gasteiger partial charge in [0.25, 0.3) is 0 Å². The molecule has 0 unspecified atom stereocenters. The molecule has 0 bridgehead atoms. The van der Waals surface area contributed by atoms with Gasteiger partial charge in [-0.2, -0.15) is 0 Å². The lowest BCUT2D eigenvalue weighted by Crippen LogP contribution is -2.03. The molecule has 0 spiro atoms. The molecular weight excluding hydrogens is 252 g/mol. The number of nitrogens with one attached hydrogen (secondary N) is 1. The summed E-state index contributed by atoms with van der Waals surface area (Å²) in [5.41, 5.74) is 1.09. The van der Waals surface area contributed by atoms with Crippen LogP contribution in [0.3, 0.4) is 0 Å². The van der Waals surface area contributed by atoms with Crippen LogP contribution in [0.4, 0.5) is 5.69 Å². The first kappa shape index (κ1) is 12.3. The van der Waals surface area contributed by atoms with Gasteiger partial charge in [0.15, 0.2) is 0 Å². The van der Waals surface area contributed by atoms with Crippen molar-refractivity contribution in [3.05, 3.63) is 53.7 Å². The van der Waals surface area contributed by atoms with Gasteiger partial charge in [0, 0.05) is 29.2 Å². The minimum atomic E-state index is 0.762. The van der Waals surface area contributed by atoms with Crippen molar-refractivity contribution in [2.75, 3.05) is 17.6 Å². The molecule has 0 saturated carbocycles. The fourth-order valence-corrected chi connectivity index (χ4v) is 2.20. The Morgan fingerprint density at radius 2 is 1.94 bits per heavy atom. The van der Waals surface area contributed by atoms with E-state index in [2.05, 4.69) is 10.3 Å². The lowest BCUT2D eigenvalue weighted by molar-refractivity contribution is 1.12. The van der Waals surface area contributed by atoms with E-state index < -0.39 is 0 Å². The molecule has 0 amide bonds. The number of aromatic nitrogens is 1. The van der Waals surface area contributed by atoms with E-state index in [1.807, 2.05) is 48.7 Å². The molecule has 4 heteroatoms. The Hall–Kier alpha value is -1.19. The average Bonchev–Trinajstić information content (AvgIpc) is 2.38. The van der Waals surface area contributed by atoms with E-state index in [1.165, 1.54) is 0 Å². The highest BCUT2D eigenvalue weighted by molar-refractivity contribution is 7.99. The van der Waals surface area contributed by atoms with Crippen molar-refractivity contribution in [1.82, 2.24) is 4.98 Å². The maximum Gasteiger partial charge on any atom is 0.0960 e. The van der Waals surface area contributed by atoms with E-state index in [9.17, 15) is 0 Å². The van der Waals surface area contributed by atoms with Gasteiger partial charge in [0.2, 0.25) is 0 Å². The Morgan fingerprint density at radius 3 is 2.65 bits per heavy atom. The molecule has 0 aliphatic rings. The molecule has 2 aromatic rings. The number of nitrogens with zero attached hydrogens (tertiary/aromatic N) is 1. The summed E-state index contributed by atoms with van der Waals surface area (Å²) in [6.07, 6.45) is 1.81. The van der Waals surface area contributed by atoms with Crippen LogP contribution >= 0.6 is 23.4 Å². The van der Waals surface area contributed by atoms with Crippen LogP contribution in [-0.4, -0.2) is 17.3 Å². The smallest absolute Gasteiger partial charge is 0.0960 e. The summed E-state index contributed by atoms with van der Waals surface area (Å²) in [5.74, 6) is 0.986. The second-order valence-corrected chi connectivity index (χ2v) is 5.00. The van der Waals surface area contributed by atoms with Crippen LogP contribution in [-0.2, 0) is 0 Å². The summed E-state index contributed by atoms with van der Waals surface area (Å²) >= 11 is 7.56. The third kappa shape index (κ3) is 4.29. The molecule has 1 heterocycles. The van der Waals surface area contributed by atoms with E-state index in [4.69, 9.17) is 11.6 Å². The zero-order valence-electron chi connectivity index (χ0n) is 9.27. The quantitative estimate of drug-likeness (QED) is 0.654. The lowest BCUT2D eigenvalue weighted by Gasteiger charge is -2.05. The highest BCUT2D eigenvalue weighted by Crippen LogP contribution is 2.15. The molecule has 0 saturated heterocycles. The largest absolute Gasteiger partial charge is 0.384 e. The molecule has 88 valence electrons. The van der Waals surface area contributed by atoms with Crippen LogP contribution in [0.5, 0.6) is 0 Å². The molecule has 0 aliphatic heterocycles. The van der Waals surface area contributed by atoms with E-state index in [-0.39, 0.29) is 0 Å². The lowest BCUT2D eigenvalue weighted by atomic mass is 10.3. The Kier molecular flexibility index (Phi) is 4.71. The zero-order chi connectivity index (χ0) is 11.9. The van der Waals surface area contributed by atoms with Crippen molar-refractivity contribution in [3.63, 3.8) is 0 Å². The molecule has 1 aromatic carbocycles. The predicted molar refractivity (Wildman–Crippen MR) is 74.9 cm³/mol. The fourth-order valence-electron chi connectivity index (χ4n) is 1.35. The second-order valence-electron chi connectivity index (χ2n) is 3.45. The number of rotatable bonds is 5. The van der Waals surface area contributed by atoms with Crippen LogP contribution in [0.1, 0.15) is 0 Å². The maximum atomic E-state index is 5.81. The number of hydrogen-bond acceptors (Lipinski definition) is 3. The van der Waals surface area contributed by atoms with Crippen molar-refractivity contribution in [2.45, 2.75) is 5.03 Å². The number of benzene rings is 1. The van der Waals surface area contributed by atoms with Gasteiger partial charge >= 0.3 is 0 Å². The summed E-state index contributed by atoms with van der Waals surface area (Å²) < 4.78 is 0. The first-order valence-corrected chi connectivity index (χ1v) is 6.74. The highest BCUT2D eigenvalue weighted by Gasteiger charge is 1.95. The average molecular weight is 265 g/mol. The van der Waals surface area contributed by atoms with Gasteiger partial charge in [-0.25, -0.2) is 4.98 Å². The molecule has 2 rings (SSSR count). The van der Waals surface area contributed by atoms with Crippen LogP contribution < -0.4 is 5.32 Å². The minimum Gasteiger partial charge on any atom is -0.384 e. The van der Waals surface area contributed by atoms with Crippen molar-refractivity contribution in [2.24, 2.45) is 0 Å². The molecule has 0 fully saturated rings. The van der Waals surface area contributed by atoms with Crippen LogP contribution in [0.2, 0.25) is 5.02 Å². The third-order valence-corrected chi connectivity index (χ3v) is 3.36. The predicted octanol–water partition coefficient (Wildman–Crippen LogP) is 3.94. The fraction of sp³-hybridized carbons (Fsp3) is 0.154. The van der Waals surface area contributed by atoms with Gasteiger partial charge in [-0.3, -0.25) is 0 Å². The second kappa shape index (κ2) is 6.52. The van der Waals surface area contributed by atoms with Gasteiger partial charge in [0.05, 0.1) is 5.03 Å². The molecule has 17 heavy (non-hydrogen) atoms. The molecular formula is C13H13ClN2S. The van der Waals surface area contributed by atoms with Crippen LogP contribution in [0.15, 0.2) is 53.7 Å². The van der Waals surface area contributed by atoms with Crippen LogP contribution in [0.25, 0.3) is 0 Å². The van der Waals surface area contributed by atoms with Crippen molar-refractivity contribution in [1.29, 1.82) is 0 Å². The monoisotopic (exact) mass is 264 g/mol. The summed E-state index contributed by atoms with van der Waals surface area (Å²) in [6, 6.07) is 13.7. The standard InChI is InChI=1S/C13H13ClN2S/c14-11-4-6-12(7-5-11)15-9-10-17-13-3-1-2-8-16-13/h1-8,15H,9-10H2. The number of hydrogen-bond donors (Lipinski definition) is 1. The first-order chi connectivity index (χ1) is 8.34. The molecule has 0 aliphatic carbocycles. The molecule has 2 nitrogen and oxygen atoms in total. The topological polar surface area (TPSA) is 24.9 Å². The first-order valence-electron chi connectivity index (χ1n) is 5.38. The SMILES string of the molecule is Clc1ccc(NCCSc2ccccn2)cc1. The summed E-state index contributed by atoms with van der Waals surface area (Å²) in [6.45, 7) is 0.906. The Morgan fingerprint density at radius 1 is 1.12 bits per heavy atom. The van der Waals surface area contributed by atoms with E-state index in [1.54, 1.807) is 11.8 Å². The molecule has 1 aromatic heterocycles. The van der Waals surface area contributed by atoms with E-state index >= 15 is 0 Å². The summed E-state index contributed by atoms with van der Waals surface area (Å²) in [4.78, 5) is 4.25. The highest BCUT2D eigenvalue weighted by atomic mass is 35.5. The zero-order valence-corrected chi connectivity index (χ0v) is 10.8. The van der Waals surface area contributed by atoms with E-state index in [0.29, 0.717) is 0 Å². The van der Waals surface area contributed by atoms with E-state index in [0.717, 1.165) is 28.0 Å². The van der Waals surface area contributed by atoms with Gasteiger partial charge in [-0.05, 0) is 36.4 Å². The van der Waals surface area contributed by atoms with Crippen LogP contribution in [0, 0.1) is 0 Å². The van der Waals surface area contributed by atoms with Gasteiger partial charge in [-0.1, -0.05) is 17.7 Å². The van der Waals surface area contributed by atoms with Gasteiger partial charge < -0.3 is 5.32 Å². The minimum absolute atomic E-state index is 0.762. The number of anilines is 1. The number of thioether (sulfide) groups is 1. The number of pyridine rings is 1. The number of halogens is 1.